The molecule has 6 nitrogen and oxygen atoms in total. The molecule has 0 bridgehead atoms. The van der Waals surface area contributed by atoms with E-state index < -0.39 is 11.9 Å². The number of benzene rings is 2. The maximum Gasteiger partial charge on any atom is 0.333 e. The first-order valence-corrected chi connectivity index (χ1v) is 9.43. The number of nitrogens with zero attached hydrogens (tertiary/aromatic N) is 1. The van der Waals surface area contributed by atoms with E-state index in [4.69, 9.17) is 16.0 Å². The van der Waals surface area contributed by atoms with Crippen LogP contribution in [0.2, 0.25) is 5.02 Å². The average molecular weight is 421 g/mol. The molecule has 3 aromatic rings. The van der Waals surface area contributed by atoms with E-state index in [0.717, 1.165) is 16.0 Å². The zero-order valence-corrected chi connectivity index (χ0v) is 16.7. The summed E-state index contributed by atoms with van der Waals surface area (Å²) in [5, 5.41) is 12.7. The fourth-order valence-corrected chi connectivity index (χ4v) is 3.50. The normalized spacial score (nSPS) is 15.0. The van der Waals surface area contributed by atoms with Crippen molar-refractivity contribution in [2.75, 3.05) is 4.90 Å². The summed E-state index contributed by atoms with van der Waals surface area (Å²) in [5.41, 5.74) is 2.70. The molecule has 0 spiro atoms. The number of imide groups is 1. The van der Waals surface area contributed by atoms with Crippen LogP contribution in [0, 0.1) is 6.92 Å². The van der Waals surface area contributed by atoms with Gasteiger partial charge in [0.1, 0.15) is 23.0 Å². The Labute approximate surface area is 177 Å². The van der Waals surface area contributed by atoms with Gasteiger partial charge in [0.15, 0.2) is 0 Å². The fraction of sp³-hybridized carbons (Fsp3) is 0.0435. The van der Waals surface area contributed by atoms with Crippen LogP contribution >= 0.6 is 11.6 Å². The predicted molar refractivity (Wildman–Crippen MR) is 116 cm³/mol. The molecule has 2 aromatic carbocycles. The number of amides is 3. The van der Waals surface area contributed by atoms with E-state index in [0.29, 0.717) is 27.8 Å². The molecule has 2 heterocycles. The Hall–Kier alpha value is -3.77. The zero-order valence-electron chi connectivity index (χ0n) is 16.0. The molecule has 0 aliphatic carbocycles. The molecule has 1 fully saturated rings. The maximum atomic E-state index is 12.7. The Balaban J connectivity index is 1.64. The number of nitrogens with one attached hydrogen (secondary N) is 1. The highest BCUT2D eigenvalue weighted by molar-refractivity contribution is 6.32. The third-order valence-corrected chi connectivity index (χ3v) is 5.00. The molecular formula is C23H17ClN2O4. The largest absolute Gasteiger partial charge is 0.508 e. The van der Waals surface area contributed by atoms with Crippen LogP contribution in [0.5, 0.6) is 0 Å². The number of hydrogen-bond acceptors (Lipinski definition) is 4. The summed E-state index contributed by atoms with van der Waals surface area (Å²) in [5.74, 6) is 0.429. The number of urea groups is 1. The molecule has 0 unspecified atom stereocenters. The molecule has 4 rings (SSSR count). The van der Waals surface area contributed by atoms with Crippen LogP contribution in [0.15, 0.2) is 71.3 Å². The standard InChI is InChI=1S/C23H17ClN2O4/c1-13-18(14(2)27)7-4-8-19(13)21-10-9-17(30-21)12-20-22(28)26(23(29)25-20)16-6-3-5-15(24)11-16/h3-12,27H,2H2,1H3,(H,25,29)/b20-12+. The highest BCUT2D eigenvalue weighted by Crippen LogP contribution is 2.31. The maximum absolute atomic E-state index is 12.7. The van der Waals surface area contributed by atoms with Crippen molar-refractivity contribution in [1.82, 2.24) is 5.32 Å². The third kappa shape index (κ3) is 3.49. The lowest BCUT2D eigenvalue weighted by atomic mass is 10.00. The van der Waals surface area contributed by atoms with Crippen molar-refractivity contribution in [3.63, 3.8) is 0 Å². The number of aliphatic hydroxyl groups excluding tert-OH is 1. The van der Waals surface area contributed by atoms with Crippen LogP contribution in [-0.2, 0) is 4.79 Å². The minimum Gasteiger partial charge on any atom is -0.508 e. The van der Waals surface area contributed by atoms with Gasteiger partial charge in [-0.25, -0.2) is 9.69 Å². The molecule has 3 amide bonds. The van der Waals surface area contributed by atoms with Crippen LogP contribution < -0.4 is 10.2 Å². The number of rotatable bonds is 4. The van der Waals surface area contributed by atoms with E-state index >= 15 is 0 Å². The van der Waals surface area contributed by atoms with E-state index in [9.17, 15) is 14.7 Å². The lowest BCUT2D eigenvalue weighted by molar-refractivity contribution is -0.113. The number of hydrogen-bond donors (Lipinski definition) is 2. The van der Waals surface area contributed by atoms with E-state index in [1.807, 2.05) is 13.0 Å². The highest BCUT2D eigenvalue weighted by Gasteiger charge is 2.35. The van der Waals surface area contributed by atoms with Crippen molar-refractivity contribution in [2.45, 2.75) is 6.92 Å². The van der Waals surface area contributed by atoms with Gasteiger partial charge in [-0.1, -0.05) is 42.4 Å². The van der Waals surface area contributed by atoms with E-state index in [-0.39, 0.29) is 11.5 Å². The molecule has 1 saturated heterocycles. The smallest absolute Gasteiger partial charge is 0.333 e. The van der Waals surface area contributed by atoms with Gasteiger partial charge in [-0.3, -0.25) is 4.79 Å². The number of furan rings is 1. The molecule has 150 valence electrons. The molecule has 0 saturated carbocycles. The van der Waals surface area contributed by atoms with Crippen molar-refractivity contribution in [3.8, 4) is 11.3 Å². The summed E-state index contributed by atoms with van der Waals surface area (Å²) in [6.07, 6.45) is 1.47. The number of anilines is 1. The van der Waals surface area contributed by atoms with Crippen molar-refractivity contribution in [1.29, 1.82) is 0 Å². The van der Waals surface area contributed by atoms with Crippen molar-refractivity contribution >= 4 is 41.1 Å². The number of carbonyl (C=O) groups excluding carboxylic acids is 2. The second-order valence-electron chi connectivity index (χ2n) is 6.74. The van der Waals surface area contributed by atoms with Crippen LogP contribution in [0.4, 0.5) is 10.5 Å². The molecule has 0 atom stereocenters. The van der Waals surface area contributed by atoms with E-state index in [1.54, 1.807) is 42.5 Å². The van der Waals surface area contributed by atoms with Gasteiger partial charge in [-0.2, -0.15) is 0 Å². The lowest BCUT2D eigenvalue weighted by Crippen LogP contribution is -2.30. The van der Waals surface area contributed by atoms with Crippen LogP contribution in [-0.4, -0.2) is 17.0 Å². The first-order chi connectivity index (χ1) is 14.3. The topological polar surface area (TPSA) is 82.8 Å². The Morgan fingerprint density at radius 1 is 1.17 bits per heavy atom. The second kappa shape index (κ2) is 7.57. The SMILES string of the molecule is C=C(O)c1cccc(-c2ccc(/C=C3/NC(=O)N(c4cccc(Cl)c4)C3=O)o2)c1C. The van der Waals surface area contributed by atoms with E-state index in [1.165, 1.54) is 12.1 Å². The van der Waals surface area contributed by atoms with Crippen LogP contribution in [0.1, 0.15) is 16.9 Å². The fourth-order valence-electron chi connectivity index (χ4n) is 3.32. The van der Waals surface area contributed by atoms with Crippen molar-refractivity contribution in [2.24, 2.45) is 0 Å². The van der Waals surface area contributed by atoms with Gasteiger partial charge >= 0.3 is 6.03 Å². The monoisotopic (exact) mass is 420 g/mol. The first kappa shape index (κ1) is 19.5. The van der Waals surface area contributed by atoms with Gasteiger partial charge < -0.3 is 14.8 Å². The molecular weight excluding hydrogens is 404 g/mol. The van der Waals surface area contributed by atoms with Crippen LogP contribution in [0.25, 0.3) is 23.2 Å². The van der Waals surface area contributed by atoms with Gasteiger partial charge in [0.05, 0.1) is 5.69 Å². The van der Waals surface area contributed by atoms with Gasteiger partial charge in [-0.05, 0) is 42.8 Å². The minimum absolute atomic E-state index is 0.0244. The number of halogens is 1. The third-order valence-electron chi connectivity index (χ3n) is 4.77. The molecule has 7 heteroatoms. The molecule has 1 aliphatic heterocycles. The Kier molecular flexibility index (Phi) is 4.93. The zero-order chi connectivity index (χ0) is 21.4. The molecule has 0 radical (unpaired) electrons. The van der Waals surface area contributed by atoms with E-state index in [2.05, 4.69) is 11.9 Å². The van der Waals surface area contributed by atoms with Crippen LogP contribution in [0.3, 0.4) is 0 Å². The average Bonchev–Trinajstić information content (AvgIpc) is 3.26. The molecule has 30 heavy (non-hydrogen) atoms. The van der Waals surface area contributed by atoms with Gasteiger partial charge in [0.25, 0.3) is 5.91 Å². The van der Waals surface area contributed by atoms with Gasteiger partial charge in [0, 0.05) is 22.2 Å². The lowest BCUT2D eigenvalue weighted by Gasteiger charge is -2.11. The number of carbonyl (C=O) groups is 2. The molecule has 1 aromatic heterocycles. The summed E-state index contributed by atoms with van der Waals surface area (Å²) in [6, 6.07) is 14.8. The highest BCUT2D eigenvalue weighted by atomic mass is 35.5. The summed E-state index contributed by atoms with van der Waals surface area (Å²) in [7, 11) is 0. The van der Waals surface area contributed by atoms with Gasteiger partial charge in [-0.15, -0.1) is 0 Å². The second-order valence-corrected chi connectivity index (χ2v) is 7.17. The summed E-state index contributed by atoms with van der Waals surface area (Å²) in [6.45, 7) is 5.43. The Bertz CT molecular complexity index is 1230. The van der Waals surface area contributed by atoms with Crippen molar-refractivity contribution < 1.29 is 19.1 Å². The first-order valence-electron chi connectivity index (χ1n) is 9.06. The summed E-state index contributed by atoms with van der Waals surface area (Å²) in [4.78, 5) is 26.1. The Morgan fingerprint density at radius 2 is 1.93 bits per heavy atom. The number of aliphatic hydroxyl groups is 1. The summed E-state index contributed by atoms with van der Waals surface area (Å²) < 4.78 is 5.86. The minimum atomic E-state index is -0.565. The molecule has 2 N–H and O–H groups in total. The predicted octanol–water partition coefficient (Wildman–Crippen LogP) is 5.53. The summed E-state index contributed by atoms with van der Waals surface area (Å²) >= 11 is 5.97. The quantitative estimate of drug-likeness (QED) is 0.330. The molecule has 1 aliphatic rings. The van der Waals surface area contributed by atoms with Gasteiger partial charge in [0.2, 0.25) is 0 Å². The van der Waals surface area contributed by atoms with Crippen molar-refractivity contribution in [3.05, 3.63) is 88.8 Å². The Morgan fingerprint density at radius 3 is 2.67 bits per heavy atom.